The van der Waals surface area contributed by atoms with Gasteiger partial charge in [-0.2, -0.15) is 11.8 Å². The number of hydrogen-bond acceptors (Lipinski definition) is 4. The van der Waals surface area contributed by atoms with Crippen LogP contribution in [-0.2, 0) is 0 Å². The second-order valence-corrected chi connectivity index (χ2v) is 6.05. The predicted molar refractivity (Wildman–Crippen MR) is 61.0 cm³/mol. The summed E-state index contributed by atoms with van der Waals surface area (Å²) in [5, 5.41) is 0. The second kappa shape index (κ2) is 4.87. The quantitative estimate of drug-likeness (QED) is 0.596. The Balaban J connectivity index is 2.49. The Labute approximate surface area is 89.4 Å². The molecule has 14 heavy (non-hydrogen) atoms. The van der Waals surface area contributed by atoms with E-state index in [-0.39, 0.29) is 10.8 Å². The van der Waals surface area contributed by atoms with Gasteiger partial charge in [0.15, 0.2) is 0 Å². The van der Waals surface area contributed by atoms with Gasteiger partial charge in [0.25, 0.3) is 0 Å². The first-order valence-electron chi connectivity index (χ1n) is 4.65. The van der Waals surface area contributed by atoms with Crippen molar-refractivity contribution in [2.24, 2.45) is 5.84 Å². The van der Waals surface area contributed by atoms with Crippen molar-refractivity contribution in [3.8, 4) is 0 Å². The minimum Gasteiger partial charge on any atom is -0.472 e. The lowest BCUT2D eigenvalue weighted by Crippen LogP contribution is -2.30. The molecule has 1 aromatic rings. The van der Waals surface area contributed by atoms with Crippen LogP contribution in [0.3, 0.4) is 0 Å². The number of nitrogens with one attached hydrogen (secondary N) is 1. The summed E-state index contributed by atoms with van der Waals surface area (Å²) >= 11 is 1.88. The number of thioether (sulfide) groups is 1. The van der Waals surface area contributed by atoms with E-state index in [4.69, 9.17) is 10.3 Å². The minimum atomic E-state index is 0.165. The van der Waals surface area contributed by atoms with Crippen molar-refractivity contribution in [3.63, 3.8) is 0 Å². The largest absolute Gasteiger partial charge is 0.472 e. The molecule has 0 spiro atoms. The molecule has 0 aliphatic rings. The molecule has 3 nitrogen and oxygen atoms in total. The molecule has 0 bridgehead atoms. The van der Waals surface area contributed by atoms with Gasteiger partial charge in [-0.15, -0.1) is 0 Å². The first-order valence-corrected chi connectivity index (χ1v) is 5.63. The number of hydrogen-bond donors (Lipinski definition) is 2. The summed E-state index contributed by atoms with van der Waals surface area (Å²) in [6, 6.07) is 2.10. The summed E-state index contributed by atoms with van der Waals surface area (Å²) in [7, 11) is 0. The van der Waals surface area contributed by atoms with E-state index < -0.39 is 0 Å². The van der Waals surface area contributed by atoms with Crippen molar-refractivity contribution in [1.82, 2.24) is 5.43 Å². The Kier molecular flexibility index (Phi) is 4.04. The van der Waals surface area contributed by atoms with Gasteiger partial charge in [-0.1, -0.05) is 20.8 Å². The number of hydrazine groups is 1. The molecule has 1 unspecified atom stereocenters. The smallest absolute Gasteiger partial charge is 0.0951 e. The van der Waals surface area contributed by atoms with Crippen molar-refractivity contribution in [3.05, 3.63) is 24.2 Å². The van der Waals surface area contributed by atoms with Crippen molar-refractivity contribution >= 4 is 11.8 Å². The fourth-order valence-corrected chi connectivity index (χ4v) is 2.00. The van der Waals surface area contributed by atoms with E-state index in [0.717, 1.165) is 11.3 Å². The second-order valence-electron chi connectivity index (χ2n) is 4.20. The third-order valence-corrected chi connectivity index (χ3v) is 3.20. The van der Waals surface area contributed by atoms with Crippen molar-refractivity contribution in [1.29, 1.82) is 0 Å². The van der Waals surface area contributed by atoms with E-state index in [2.05, 4.69) is 26.2 Å². The van der Waals surface area contributed by atoms with E-state index in [0.29, 0.717) is 0 Å². The lowest BCUT2D eigenvalue weighted by Gasteiger charge is -2.21. The normalized spacial score (nSPS) is 14.3. The number of nitrogens with two attached hydrogens (primary N) is 1. The van der Waals surface area contributed by atoms with E-state index >= 15 is 0 Å². The third kappa shape index (κ3) is 3.74. The molecule has 0 saturated heterocycles. The molecule has 4 heteroatoms. The first-order chi connectivity index (χ1) is 6.53. The van der Waals surface area contributed by atoms with Gasteiger partial charge in [-0.3, -0.25) is 11.3 Å². The highest BCUT2D eigenvalue weighted by molar-refractivity contribution is 8.00. The zero-order valence-corrected chi connectivity index (χ0v) is 9.73. The molecule has 1 heterocycles. The van der Waals surface area contributed by atoms with Crippen LogP contribution < -0.4 is 11.3 Å². The van der Waals surface area contributed by atoms with Gasteiger partial charge in [0.1, 0.15) is 0 Å². The maximum Gasteiger partial charge on any atom is 0.0951 e. The Morgan fingerprint density at radius 3 is 2.71 bits per heavy atom. The van der Waals surface area contributed by atoms with Crippen LogP contribution in [0, 0.1) is 0 Å². The first kappa shape index (κ1) is 11.6. The molecule has 0 aliphatic carbocycles. The number of furan rings is 1. The molecule has 3 N–H and O–H groups in total. The summed E-state index contributed by atoms with van der Waals surface area (Å²) in [6.07, 6.45) is 3.40. The molecule has 1 rings (SSSR count). The lowest BCUT2D eigenvalue weighted by molar-refractivity contribution is 0.548. The SMILES string of the molecule is CC(C)(C)SCC(NN)c1ccoc1. The molecule has 1 atom stereocenters. The molecular weight excluding hydrogens is 196 g/mol. The van der Waals surface area contributed by atoms with Gasteiger partial charge in [0.2, 0.25) is 0 Å². The Morgan fingerprint density at radius 2 is 2.29 bits per heavy atom. The van der Waals surface area contributed by atoms with Gasteiger partial charge in [-0.25, -0.2) is 0 Å². The molecule has 1 aromatic heterocycles. The Hall–Kier alpha value is -0.450. The van der Waals surface area contributed by atoms with Crippen LogP contribution in [-0.4, -0.2) is 10.5 Å². The molecule has 80 valence electrons. The highest BCUT2D eigenvalue weighted by atomic mass is 32.2. The summed E-state index contributed by atoms with van der Waals surface area (Å²) < 4.78 is 5.29. The van der Waals surface area contributed by atoms with Crippen LogP contribution in [0.2, 0.25) is 0 Å². The molecule has 0 radical (unpaired) electrons. The van der Waals surface area contributed by atoms with E-state index in [1.54, 1.807) is 12.5 Å². The van der Waals surface area contributed by atoms with Crippen LogP contribution in [0.4, 0.5) is 0 Å². The monoisotopic (exact) mass is 214 g/mol. The van der Waals surface area contributed by atoms with Crippen LogP contribution >= 0.6 is 11.8 Å². The fraction of sp³-hybridized carbons (Fsp3) is 0.600. The molecule has 0 amide bonds. The van der Waals surface area contributed by atoms with Gasteiger partial charge in [0.05, 0.1) is 18.6 Å². The van der Waals surface area contributed by atoms with Crippen LogP contribution in [0.15, 0.2) is 23.0 Å². The molecule has 0 aliphatic heterocycles. The average molecular weight is 214 g/mol. The molecule has 0 saturated carbocycles. The topological polar surface area (TPSA) is 51.2 Å². The van der Waals surface area contributed by atoms with E-state index in [1.807, 2.05) is 17.8 Å². The molecule has 0 fully saturated rings. The van der Waals surface area contributed by atoms with E-state index in [1.165, 1.54) is 0 Å². The van der Waals surface area contributed by atoms with Gasteiger partial charge in [0, 0.05) is 16.1 Å². The van der Waals surface area contributed by atoms with Gasteiger partial charge < -0.3 is 4.42 Å². The minimum absolute atomic E-state index is 0.165. The van der Waals surface area contributed by atoms with E-state index in [9.17, 15) is 0 Å². The highest BCUT2D eigenvalue weighted by Gasteiger charge is 2.16. The zero-order valence-electron chi connectivity index (χ0n) is 8.91. The standard InChI is InChI=1S/C10H18N2OS/c1-10(2,3)14-7-9(12-11)8-4-5-13-6-8/h4-6,9,12H,7,11H2,1-3H3. The van der Waals surface area contributed by atoms with Crippen LogP contribution in [0.1, 0.15) is 32.4 Å². The maximum atomic E-state index is 5.49. The lowest BCUT2D eigenvalue weighted by atomic mass is 10.2. The van der Waals surface area contributed by atoms with Crippen molar-refractivity contribution < 1.29 is 4.42 Å². The zero-order chi connectivity index (χ0) is 10.6. The highest BCUT2D eigenvalue weighted by Crippen LogP contribution is 2.28. The fourth-order valence-electron chi connectivity index (χ4n) is 1.05. The van der Waals surface area contributed by atoms with Crippen LogP contribution in [0.25, 0.3) is 0 Å². The van der Waals surface area contributed by atoms with Gasteiger partial charge in [-0.05, 0) is 6.07 Å². The summed E-state index contributed by atoms with van der Waals surface area (Å²) in [5.74, 6) is 6.43. The molecular formula is C10H18N2OS. The summed E-state index contributed by atoms with van der Waals surface area (Å²) in [4.78, 5) is 0. The maximum absolute atomic E-state index is 5.49. The van der Waals surface area contributed by atoms with Gasteiger partial charge >= 0.3 is 0 Å². The summed E-state index contributed by atoms with van der Waals surface area (Å²) in [5.41, 5.74) is 3.90. The van der Waals surface area contributed by atoms with Crippen molar-refractivity contribution in [2.45, 2.75) is 31.6 Å². The number of rotatable bonds is 4. The summed E-state index contributed by atoms with van der Waals surface area (Å²) in [6.45, 7) is 6.59. The van der Waals surface area contributed by atoms with Crippen LogP contribution in [0.5, 0.6) is 0 Å². The Bertz CT molecular complexity index is 254. The predicted octanol–water partition coefficient (Wildman–Crippen LogP) is 2.32. The Morgan fingerprint density at radius 1 is 1.57 bits per heavy atom. The average Bonchev–Trinajstić information content (AvgIpc) is 2.56. The van der Waals surface area contributed by atoms with Crippen molar-refractivity contribution in [2.75, 3.05) is 5.75 Å². The molecule has 0 aromatic carbocycles. The third-order valence-electron chi connectivity index (χ3n) is 1.83.